The summed E-state index contributed by atoms with van der Waals surface area (Å²) in [5.41, 5.74) is 0.402. The Morgan fingerprint density at radius 3 is 2.48 bits per heavy atom. The molecule has 0 unspecified atom stereocenters. The Kier molecular flexibility index (Phi) is 6.44. The second-order valence-corrected chi connectivity index (χ2v) is 5.75. The fourth-order valence-electron chi connectivity index (χ4n) is 2.66. The molecular formula is C16H26N4O. The molecule has 2 rings (SSSR count). The van der Waals surface area contributed by atoms with Crippen molar-refractivity contribution in [2.75, 3.05) is 11.9 Å². The van der Waals surface area contributed by atoms with Gasteiger partial charge in [0.15, 0.2) is 5.69 Å². The van der Waals surface area contributed by atoms with Gasteiger partial charge < -0.3 is 10.6 Å². The fourth-order valence-corrected chi connectivity index (χ4v) is 2.66. The van der Waals surface area contributed by atoms with Crippen molar-refractivity contribution in [2.24, 2.45) is 0 Å². The lowest BCUT2D eigenvalue weighted by atomic mass is 9.96. The van der Waals surface area contributed by atoms with E-state index in [2.05, 4.69) is 27.8 Å². The second kappa shape index (κ2) is 8.60. The molecule has 1 amide bonds. The van der Waals surface area contributed by atoms with E-state index >= 15 is 0 Å². The van der Waals surface area contributed by atoms with Gasteiger partial charge in [0.1, 0.15) is 5.82 Å². The normalized spacial score (nSPS) is 16.8. The summed E-state index contributed by atoms with van der Waals surface area (Å²) in [4.78, 5) is 12.2. The van der Waals surface area contributed by atoms with E-state index < -0.39 is 0 Å². The van der Waals surface area contributed by atoms with Crippen molar-refractivity contribution in [3.63, 3.8) is 0 Å². The Labute approximate surface area is 126 Å². The smallest absolute Gasteiger partial charge is 0.272 e. The lowest BCUT2D eigenvalue weighted by Gasteiger charge is -2.20. The highest BCUT2D eigenvalue weighted by Crippen LogP contribution is 2.17. The van der Waals surface area contributed by atoms with Crippen LogP contribution in [0.3, 0.4) is 0 Å². The van der Waals surface area contributed by atoms with Crippen LogP contribution in [0.5, 0.6) is 0 Å². The molecule has 1 aromatic rings. The summed E-state index contributed by atoms with van der Waals surface area (Å²) in [6.07, 6.45) is 9.50. The third-order valence-corrected chi connectivity index (χ3v) is 3.89. The third kappa shape index (κ3) is 5.33. The predicted molar refractivity (Wildman–Crippen MR) is 84.4 cm³/mol. The average molecular weight is 290 g/mol. The van der Waals surface area contributed by atoms with Crippen molar-refractivity contribution >= 4 is 11.7 Å². The summed E-state index contributed by atoms with van der Waals surface area (Å²) in [5, 5.41) is 14.3. The standard InChI is InChI=1S/C16H26N4O/c1-2-12-17-15-11-10-14(19-20-15)16(21)18-13-8-6-4-3-5-7-9-13/h10-11,13H,2-9,12H2,1H3,(H,17,20)(H,18,21). The zero-order valence-electron chi connectivity index (χ0n) is 12.9. The van der Waals surface area contributed by atoms with Crippen LogP contribution in [-0.4, -0.2) is 28.7 Å². The van der Waals surface area contributed by atoms with Gasteiger partial charge in [0.2, 0.25) is 0 Å². The molecule has 2 N–H and O–H groups in total. The van der Waals surface area contributed by atoms with Crippen LogP contribution >= 0.6 is 0 Å². The second-order valence-electron chi connectivity index (χ2n) is 5.75. The average Bonchev–Trinajstić information content (AvgIpc) is 2.48. The van der Waals surface area contributed by atoms with Crippen LogP contribution in [0, 0.1) is 0 Å². The maximum atomic E-state index is 12.2. The first-order valence-electron chi connectivity index (χ1n) is 8.18. The van der Waals surface area contributed by atoms with Gasteiger partial charge in [-0.3, -0.25) is 4.79 Å². The maximum absolute atomic E-state index is 12.2. The minimum absolute atomic E-state index is 0.102. The molecule has 1 saturated carbocycles. The molecule has 1 aliphatic carbocycles. The topological polar surface area (TPSA) is 66.9 Å². The largest absolute Gasteiger partial charge is 0.369 e. The molecule has 0 aromatic carbocycles. The molecule has 0 atom stereocenters. The number of nitrogens with one attached hydrogen (secondary N) is 2. The molecule has 21 heavy (non-hydrogen) atoms. The van der Waals surface area contributed by atoms with Crippen LogP contribution in [-0.2, 0) is 0 Å². The van der Waals surface area contributed by atoms with Crippen LogP contribution in [0.2, 0.25) is 0 Å². The van der Waals surface area contributed by atoms with E-state index in [0.29, 0.717) is 5.69 Å². The Morgan fingerprint density at radius 2 is 1.86 bits per heavy atom. The van der Waals surface area contributed by atoms with E-state index in [1.165, 1.54) is 32.1 Å². The number of amides is 1. The number of carbonyl (C=O) groups is 1. The van der Waals surface area contributed by atoms with Crippen LogP contribution in [0.25, 0.3) is 0 Å². The van der Waals surface area contributed by atoms with Gasteiger partial charge in [-0.05, 0) is 31.4 Å². The minimum Gasteiger partial charge on any atom is -0.369 e. The summed E-state index contributed by atoms with van der Waals surface area (Å²) in [6, 6.07) is 3.84. The zero-order chi connectivity index (χ0) is 14.9. The molecule has 1 heterocycles. The van der Waals surface area contributed by atoms with E-state index in [0.717, 1.165) is 31.6 Å². The first kappa shape index (κ1) is 15.7. The number of anilines is 1. The zero-order valence-corrected chi connectivity index (χ0v) is 12.9. The lowest BCUT2D eigenvalue weighted by molar-refractivity contribution is 0.0924. The molecule has 116 valence electrons. The van der Waals surface area contributed by atoms with E-state index in [9.17, 15) is 4.79 Å². The highest BCUT2D eigenvalue weighted by Gasteiger charge is 2.16. The highest BCUT2D eigenvalue weighted by molar-refractivity contribution is 5.92. The van der Waals surface area contributed by atoms with Gasteiger partial charge in [-0.25, -0.2) is 0 Å². The van der Waals surface area contributed by atoms with Crippen molar-refractivity contribution in [1.29, 1.82) is 0 Å². The van der Waals surface area contributed by atoms with Gasteiger partial charge in [0.25, 0.3) is 5.91 Å². The van der Waals surface area contributed by atoms with Crippen molar-refractivity contribution in [2.45, 2.75) is 64.3 Å². The van der Waals surface area contributed by atoms with E-state index in [4.69, 9.17) is 0 Å². The van der Waals surface area contributed by atoms with Gasteiger partial charge in [-0.2, -0.15) is 0 Å². The summed E-state index contributed by atoms with van der Waals surface area (Å²) >= 11 is 0. The maximum Gasteiger partial charge on any atom is 0.272 e. The van der Waals surface area contributed by atoms with Crippen LogP contribution in [0.15, 0.2) is 12.1 Å². The SMILES string of the molecule is CCCNc1ccc(C(=O)NC2CCCCCCC2)nn1. The van der Waals surface area contributed by atoms with Gasteiger partial charge in [0, 0.05) is 12.6 Å². The van der Waals surface area contributed by atoms with Crippen molar-refractivity contribution in [3.8, 4) is 0 Å². The Bertz CT molecular complexity index is 424. The predicted octanol–water partition coefficient (Wildman–Crippen LogP) is 3.14. The first-order chi connectivity index (χ1) is 10.3. The van der Waals surface area contributed by atoms with Crippen LogP contribution < -0.4 is 10.6 Å². The lowest BCUT2D eigenvalue weighted by Crippen LogP contribution is -2.35. The molecule has 5 heteroatoms. The van der Waals surface area contributed by atoms with Gasteiger partial charge in [-0.1, -0.05) is 39.0 Å². The van der Waals surface area contributed by atoms with Gasteiger partial charge >= 0.3 is 0 Å². The van der Waals surface area contributed by atoms with Crippen LogP contribution in [0.1, 0.15) is 68.8 Å². The van der Waals surface area contributed by atoms with Gasteiger partial charge in [0.05, 0.1) is 0 Å². The first-order valence-corrected chi connectivity index (χ1v) is 8.18. The summed E-state index contributed by atoms with van der Waals surface area (Å²) < 4.78 is 0. The Balaban J connectivity index is 1.86. The number of nitrogens with zero attached hydrogens (tertiary/aromatic N) is 2. The monoisotopic (exact) mass is 290 g/mol. The molecule has 5 nitrogen and oxygen atoms in total. The quantitative estimate of drug-likeness (QED) is 0.874. The Hall–Kier alpha value is -1.65. The molecular weight excluding hydrogens is 264 g/mol. The van der Waals surface area contributed by atoms with Crippen molar-refractivity contribution < 1.29 is 4.79 Å². The Morgan fingerprint density at radius 1 is 1.14 bits per heavy atom. The third-order valence-electron chi connectivity index (χ3n) is 3.89. The molecule has 0 radical (unpaired) electrons. The van der Waals surface area contributed by atoms with Gasteiger partial charge in [-0.15, -0.1) is 10.2 Å². The molecule has 1 fully saturated rings. The summed E-state index contributed by atoms with van der Waals surface area (Å²) in [5.74, 6) is 0.620. The van der Waals surface area contributed by atoms with Crippen molar-refractivity contribution in [1.82, 2.24) is 15.5 Å². The van der Waals surface area contributed by atoms with E-state index in [-0.39, 0.29) is 11.9 Å². The number of rotatable bonds is 5. The number of hydrogen-bond donors (Lipinski definition) is 2. The molecule has 0 aliphatic heterocycles. The fraction of sp³-hybridized carbons (Fsp3) is 0.688. The highest BCUT2D eigenvalue weighted by atomic mass is 16.2. The minimum atomic E-state index is -0.102. The number of aromatic nitrogens is 2. The molecule has 0 bridgehead atoms. The molecule has 0 saturated heterocycles. The summed E-state index contributed by atoms with van der Waals surface area (Å²) in [7, 11) is 0. The van der Waals surface area contributed by atoms with E-state index in [1.807, 2.05) is 6.07 Å². The number of carbonyl (C=O) groups excluding carboxylic acids is 1. The molecule has 0 spiro atoms. The number of hydrogen-bond acceptors (Lipinski definition) is 4. The van der Waals surface area contributed by atoms with E-state index in [1.54, 1.807) is 6.07 Å². The molecule has 1 aromatic heterocycles. The van der Waals surface area contributed by atoms with Crippen molar-refractivity contribution in [3.05, 3.63) is 17.8 Å². The van der Waals surface area contributed by atoms with Crippen LogP contribution in [0.4, 0.5) is 5.82 Å². The summed E-state index contributed by atoms with van der Waals surface area (Å²) in [6.45, 7) is 2.96. The molecule has 1 aliphatic rings.